The molecule has 1 aliphatic heterocycles. The third-order valence-corrected chi connectivity index (χ3v) is 4.87. The standard InChI is InChI=1S/C17H12N6O4S/c18-16-15-17(22-28(26,27)21-16)20-14(11-6-8-12(9-7-11)23(24)25)13(19-15)10-4-2-1-3-5-10/h1-9H,(H2,18,21)(H,20,22). The van der Waals surface area contributed by atoms with E-state index in [9.17, 15) is 18.5 Å². The Hall–Kier alpha value is -3.86. The number of nitrogens with zero attached hydrogens (tertiary/aromatic N) is 4. The lowest BCUT2D eigenvalue weighted by Gasteiger charge is -2.17. The summed E-state index contributed by atoms with van der Waals surface area (Å²) in [7, 11) is -4.02. The van der Waals surface area contributed by atoms with Crippen molar-refractivity contribution in [1.82, 2.24) is 9.97 Å². The topological polar surface area (TPSA) is 153 Å². The van der Waals surface area contributed by atoms with E-state index in [0.29, 0.717) is 22.5 Å². The Morgan fingerprint density at radius 3 is 2.14 bits per heavy atom. The van der Waals surface area contributed by atoms with Gasteiger partial charge in [-0.25, -0.2) is 14.7 Å². The number of amidine groups is 1. The van der Waals surface area contributed by atoms with Gasteiger partial charge in [0.15, 0.2) is 17.3 Å². The van der Waals surface area contributed by atoms with Crippen LogP contribution in [0.3, 0.4) is 0 Å². The van der Waals surface area contributed by atoms with Crippen molar-refractivity contribution in [2.45, 2.75) is 0 Å². The summed E-state index contributed by atoms with van der Waals surface area (Å²) in [4.78, 5) is 19.3. The summed E-state index contributed by atoms with van der Waals surface area (Å²) in [5.74, 6) is -0.325. The zero-order valence-electron chi connectivity index (χ0n) is 14.1. The lowest BCUT2D eigenvalue weighted by Crippen LogP contribution is -2.28. The maximum atomic E-state index is 11.8. The molecule has 0 saturated heterocycles. The molecule has 1 aliphatic rings. The van der Waals surface area contributed by atoms with Gasteiger partial charge in [-0.3, -0.25) is 10.1 Å². The number of anilines is 1. The van der Waals surface area contributed by atoms with Gasteiger partial charge in [0.1, 0.15) is 0 Å². The van der Waals surface area contributed by atoms with Crippen molar-refractivity contribution in [2.75, 3.05) is 4.72 Å². The largest absolute Gasteiger partial charge is 0.381 e. The van der Waals surface area contributed by atoms with Crippen molar-refractivity contribution in [1.29, 1.82) is 0 Å². The first-order valence-electron chi connectivity index (χ1n) is 7.95. The van der Waals surface area contributed by atoms with Gasteiger partial charge in [0.2, 0.25) is 0 Å². The third kappa shape index (κ3) is 3.14. The van der Waals surface area contributed by atoms with Crippen molar-refractivity contribution in [3.63, 3.8) is 0 Å². The summed E-state index contributed by atoms with van der Waals surface area (Å²) in [5.41, 5.74) is 7.82. The Morgan fingerprint density at radius 2 is 1.50 bits per heavy atom. The molecule has 28 heavy (non-hydrogen) atoms. The van der Waals surface area contributed by atoms with E-state index in [0.717, 1.165) is 0 Å². The first kappa shape index (κ1) is 17.5. The Bertz CT molecular complexity index is 1220. The van der Waals surface area contributed by atoms with Crippen LogP contribution in [-0.4, -0.2) is 29.1 Å². The molecule has 0 saturated carbocycles. The second-order valence-electron chi connectivity index (χ2n) is 5.84. The average molecular weight is 396 g/mol. The van der Waals surface area contributed by atoms with Crippen LogP contribution in [0.15, 0.2) is 59.0 Å². The van der Waals surface area contributed by atoms with Crippen molar-refractivity contribution >= 4 is 27.6 Å². The predicted molar refractivity (Wildman–Crippen MR) is 103 cm³/mol. The Kier molecular flexibility index (Phi) is 4.00. The number of non-ortho nitro benzene ring substituents is 1. The zero-order valence-corrected chi connectivity index (χ0v) is 14.9. The molecule has 0 unspecified atom stereocenters. The van der Waals surface area contributed by atoms with Crippen LogP contribution >= 0.6 is 0 Å². The predicted octanol–water partition coefficient (Wildman–Crippen LogP) is 2.09. The highest BCUT2D eigenvalue weighted by Gasteiger charge is 2.26. The number of nitro groups is 1. The maximum Gasteiger partial charge on any atom is 0.345 e. The number of nitrogens with two attached hydrogens (primary N) is 1. The molecule has 3 N–H and O–H groups in total. The second kappa shape index (κ2) is 6.39. The van der Waals surface area contributed by atoms with E-state index >= 15 is 0 Å². The monoisotopic (exact) mass is 396 g/mol. The zero-order chi connectivity index (χ0) is 19.9. The van der Waals surface area contributed by atoms with Gasteiger partial charge in [-0.2, -0.15) is 8.42 Å². The third-order valence-electron chi connectivity index (χ3n) is 3.98. The van der Waals surface area contributed by atoms with Gasteiger partial charge >= 0.3 is 10.2 Å². The molecule has 0 bridgehead atoms. The first-order valence-corrected chi connectivity index (χ1v) is 9.39. The quantitative estimate of drug-likeness (QED) is 0.507. The molecule has 10 nitrogen and oxygen atoms in total. The van der Waals surface area contributed by atoms with Gasteiger partial charge in [-0.05, 0) is 12.1 Å². The van der Waals surface area contributed by atoms with Gasteiger partial charge in [-0.1, -0.05) is 30.3 Å². The highest BCUT2D eigenvalue weighted by molar-refractivity contribution is 7.91. The van der Waals surface area contributed by atoms with Crippen LogP contribution < -0.4 is 10.5 Å². The minimum absolute atomic E-state index is 0.0551. The number of nitro benzene ring substituents is 1. The van der Waals surface area contributed by atoms with E-state index in [-0.39, 0.29) is 23.0 Å². The van der Waals surface area contributed by atoms with Crippen LogP contribution in [0.1, 0.15) is 5.69 Å². The van der Waals surface area contributed by atoms with Crippen LogP contribution in [0.5, 0.6) is 0 Å². The van der Waals surface area contributed by atoms with Crippen LogP contribution in [0.4, 0.5) is 11.5 Å². The lowest BCUT2D eigenvalue weighted by atomic mass is 10.0. The molecule has 140 valence electrons. The highest BCUT2D eigenvalue weighted by atomic mass is 32.2. The Balaban J connectivity index is 1.96. The molecule has 0 radical (unpaired) electrons. The van der Waals surface area contributed by atoms with E-state index in [2.05, 4.69) is 19.1 Å². The highest BCUT2D eigenvalue weighted by Crippen LogP contribution is 2.33. The minimum Gasteiger partial charge on any atom is -0.381 e. The molecule has 2 heterocycles. The molecule has 0 atom stereocenters. The molecule has 1 aromatic heterocycles. The van der Waals surface area contributed by atoms with Gasteiger partial charge < -0.3 is 5.73 Å². The molecule has 0 aliphatic carbocycles. The fraction of sp³-hybridized carbons (Fsp3) is 0. The number of benzene rings is 2. The van der Waals surface area contributed by atoms with Gasteiger partial charge in [-0.15, -0.1) is 4.40 Å². The Morgan fingerprint density at radius 1 is 0.893 bits per heavy atom. The minimum atomic E-state index is -4.02. The van der Waals surface area contributed by atoms with Crippen molar-refractivity contribution in [2.24, 2.45) is 10.1 Å². The molecule has 11 heteroatoms. The van der Waals surface area contributed by atoms with E-state index in [1.54, 1.807) is 0 Å². The number of hydrogen-bond donors (Lipinski definition) is 2. The summed E-state index contributed by atoms with van der Waals surface area (Å²) in [6.45, 7) is 0. The first-order chi connectivity index (χ1) is 13.3. The molecule has 0 spiro atoms. The fourth-order valence-electron chi connectivity index (χ4n) is 2.74. The van der Waals surface area contributed by atoms with Crippen LogP contribution in [0.25, 0.3) is 22.5 Å². The van der Waals surface area contributed by atoms with E-state index in [1.165, 1.54) is 24.3 Å². The number of rotatable bonds is 3. The van der Waals surface area contributed by atoms with Gasteiger partial charge in [0, 0.05) is 23.3 Å². The van der Waals surface area contributed by atoms with Crippen LogP contribution in [0.2, 0.25) is 0 Å². The van der Waals surface area contributed by atoms with E-state index in [1.807, 2.05) is 30.3 Å². The van der Waals surface area contributed by atoms with Crippen molar-refractivity contribution < 1.29 is 13.3 Å². The molecular weight excluding hydrogens is 384 g/mol. The van der Waals surface area contributed by atoms with Crippen molar-refractivity contribution in [3.8, 4) is 22.5 Å². The SMILES string of the molecule is NC1=NS(=O)(=O)Nc2nc(-c3ccc([N+](=O)[O-])cc3)c(-c3ccccc3)nc21. The van der Waals surface area contributed by atoms with Crippen LogP contribution in [-0.2, 0) is 10.2 Å². The lowest BCUT2D eigenvalue weighted by molar-refractivity contribution is -0.384. The number of hydrogen-bond acceptors (Lipinski definition) is 7. The summed E-state index contributed by atoms with van der Waals surface area (Å²) >= 11 is 0. The normalized spacial score (nSPS) is 14.5. The van der Waals surface area contributed by atoms with Crippen LogP contribution in [0, 0.1) is 10.1 Å². The summed E-state index contributed by atoms with van der Waals surface area (Å²) in [6.07, 6.45) is 0. The number of fused-ring (bicyclic) bond motifs is 1. The maximum absolute atomic E-state index is 11.8. The number of nitrogens with one attached hydrogen (secondary N) is 1. The molecule has 0 amide bonds. The smallest absolute Gasteiger partial charge is 0.345 e. The second-order valence-corrected chi connectivity index (χ2v) is 7.18. The Labute approximate surface area is 159 Å². The molecule has 3 aromatic rings. The molecular formula is C17H12N6O4S. The molecule has 2 aromatic carbocycles. The van der Waals surface area contributed by atoms with Gasteiger partial charge in [0.25, 0.3) is 5.69 Å². The fourth-order valence-corrected chi connectivity index (χ4v) is 3.52. The summed E-state index contributed by atoms with van der Waals surface area (Å²) in [6, 6.07) is 14.8. The van der Waals surface area contributed by atoms with Crippen molar-refractivity contribution in [3.05, 3.63) is 70.4 Å². The van der Waals surface area contributed by atoms with E-state index in [4.69, 9.17) is 5.73 Å². The molecule has 0 fully saturated rings. The molecule has 4 rings (SSSR count). The average Bonchev–Trinajstić information content (AvgIpc) is 2.67. The summed E-state index contributed by atoms with van der Waals surface area (Å²) in [5, 5.41) is 10.9. The number of aromatic nitrogens is 2. The van der Waals surface area contributed by atoms with Gasteiger partial charge in [0.05, 0.1) is 16.3 Å². The summed E-state index contributed by atoms with van der Waals surface area (Å²) < 4.78 is 29.3. The van der Waals surface area contributed by atoms with E-state index < -0.39 is 15.1 Å².